The minimum Gasteiger partial charge on any atom is -0.478 e. The molecule has 0 saturated carbocycles. The molecular weight excluding hydrogens is 445 g/mol. The summed E-state index contributed by atoms with van der Waals surface area (Å²) in [6, 6.07) is 7.44. The van der Waals surface area contributed by atoms with E-state index in [1.54, 1.807) is 19.2 Å². The zero-order chi connectivity index (χ0) is 24.6. The Morgan fingerprint density at radius 3 is 2.50 bits per heavy atom. The third-order valence-electron chi connectivity index (χ3n) is 6.73. The summed E-state index contributed by atoms with van der Waals surface area (Å²) in [5.41, 5.74) is 5.36. The summed E-state index contributed by atoms with van der Waals surface area (Å²) < 4.78 is 40.4. The molecule has 0 aromatic carbocycles. The van der Waals surface area contributed by atoms with Crippen molar-refractivity contribution in [3.8, 4) is 11.1 Å². The van der Waals surface area contributed by atoms with Crippen molar-refractivity contribution < 1.29 is 23.1 Å². The average Bonchev–Trinajstić information content (AvgIpc) is 3.21. The van der Waals surface area contributed by atoms with Crippen LogP contribution in [-0.2, 0) is 6.42 Å². The van der Waals surface area contributed by atoms with Crippen molar-refractivity contribution >= 4 is 11.5 Å². The van der Waals surface area contributed by atoms with E-state index in [-0.39, 0.29) is 11.6 Å². The number of aromatic carboxylic acids is 1. The van der Waals surface area contributed by atoms with Crippen LogP contribution in [0.1, 0.15) is 47.2 Å². The maximum absolute atomic E-state index is 12.8. The molecule has 1 aliphatic heterocycles. The van der Waals surface area contributed by atoms with Crippen LogP contribution in [0, 0.1) is 6.92 Å². The van der Waals surface area contributed by atoms with E-state index in [2.05, 4.69) is 9.88 Å². The fourth-order valence-corrected chi connectivity index (χ4v) is 4.92. The van der Waals surface area contributed by atoms with Crippen molar-refractivity contribution in [2.45, 2.75) is 39.4 Å². The van der Waals surface area contributed by atoms with E-state index in [4.69, 9.17) is 0 Å². The average molecular weight is 475 g/mol. The van der Waals surface area contributed by atoms with Gasteiger partial charge in [0, 0.05) is 61.6 Å². The molecule has 4 heterocycles. The quantitative estimate of drug-likeness (QED) is 0.556. The molecule has 9 heteroatoms. The van der Waals surface area contributed by atoms with Crippen molar-refractivity contribution in [2.24, 2.45) is 0 Å². The summed E-state index contributed by atoms with van der Waals surface area (Å²) in [6.45, 7) is 6.52. The van der Waals surface area contributed by atoms with Gasteiger partial charge >= 0.3 is 12.1 Å². The van der Waals surface area contributed by atoms with Gasteiger partial charge in [-0.1, -0.05) is 6.92 Å². The number of rotatable bonds is 6. The highest BCUT2D eigenvalue weighted by Gasteiger charge is 2.33. The van der Waals surface area contributed by atoms with Gasteiger partial charge in [-0.05, 0) is 55.7 Å². The molecular formula is C25H29F3N4O2. The molecule has 0 radical (unpaired) electrons. The van der Waals surface area contributed by atoms with Crippen LogP contribution in [0.5, 0.6) is 0 Å². The van der Waals surface area contributed by atoms with Gasteiger partial charge in [0.25, 0.3) is 0 Å². The predicted molar refractivity (Wildman–Crippen MR) is 124 cm³/mol. The van der Waals surface area contributed by atoms with Crippen molar-refractivity contribution in [1.82, 2.24) is 19.2 Å². The summed E-state index contributed by atoms with van der Waals surface area (Å²) in [5.74, 6) is -1.00. The summed E-state index contributed by atoms with van der Waals surface area (Å²) in [4.78, 5) is 20.0. The second-order valence-corrected chi connectivity index (χ2v) is 8.85. The van der Waals surface area contributed by atoms with Gasteiger partial charge < -0.3 is 9.51 Å². The highest BCUT2D eigenvalue weighted by atomic mass is 19.4. The number of halogens is 3. The number of fused-ring (bicyclic) bond motifs is 1. The van der Waals surface area contributed by atoms with Crippen LogP contribution in [-0.4, -0.2) is 69.2 Å². The van der Waals surface area contributed by atoms with E-state index in [0.717, 1.165) is 34.5 Å². The van der Waals surface area contributed by atoms with Gasteiger partial charge in [0.1, 0.15) is 0 Å². The van der Waals surface area contributed by atoms with E-state index in [0.29, 0.717) is 31.7 Å². The molecule has 1 unspecified atom stereocenters. The van der Waals surface area contributed by atoms with E-state index in [9.17, 15) is 23.1 Å². The summed E-state index contributed by atoms with van der Waals surface area (Å²) in [5, 5.41) is 9.92. The number of alkyl halides is 3. The van der Waals surface area contributed by atoms with Crippen LogP contribution in [0.2, 0.25) is 0 Å². The smallest absolute Gasteiger partial charge is 0.401 e. The minimum absolute atomic E-state index is 0.168. The molecule has 34 heavy (non-hydrogen) atoms. The number of carboxylic acid groups (broad SMARTS) is 1. The van der Waals surface area contributed by atoms with E-state index in [1.807, 2.05) is 42.6 Å². The lowest BCUT2D eigenvalue weighted by Gasteiger charge is -2.39. The maximum Gasteiger partial charge on any atom is 0.401 e. The number of hydrogen-bond acceptors (Lipinski definition) is 4. The van der Waals surface area contributed by atoms with Crippen molar-refractivity contribution in [3.05, 3.63) is 59.2 Å². The molecule has 1 fully saturated rings. The van der Waals surface area contributed by atoms with Gasteiger partial charge in [-0.15, -0.1) is 0 Å². The zero-order valence-electron chi connectivity index (χ0n) is 19.6. The lowest BCUT2D eigenvalue weighted by molar-refractivity contribution is -0.149. The molecule has 3 aromatic heterocycles. The van der Waals surface area contributed by atoms with Gasteiger partial charge in [0.05, 0.1) is 17.6 Å². The van der Waals surface area contributed by atoms with Gasteiger partial charge in [0.2, 0.25) is 0 Å². The molecule has 4 rings (SSSR count). The van der Waals surface area contributed by atoms with E-state index < -0.39 is 18.7 Å². The summed E-state index contributed by atoms with van der Waals surface area (Å²) >= 11 is 0. The molecule has 0 bridgehead atoms. The van der Waals surface area contributed by atoms with Gasteiger partial charge in [-0.25, -0.2) is 4.79 Å². The Bertz CT molecular complexity index is 1200. The number of carbonyl (C=O) groups is 1. The second-order valence-electron chi connectivity index (χ2n) is 8.85. The van der Waals surface area contributed by atoms with Crippen LogP contribution in [0.3, 0.4) is 0 Å². The van der Waals surface area contributed by atoms with Crippen molar-refractivity contribution in [1.29, 1.82) is 0 Å². The number of carboxylic acids is 1. The van der Waals surface area contributed by atoms with Gasteiger partial charge in [-0.3, -0.25) is 14.8 Å². The molecule has 1 saturated heterocycles. The molecule has 0 spiro atoms. The predicted octanol–water partition coefficient (Wildman–Crippen LogP) is 4.81. The Morgan fingerprint density at radius 1 is 1.18 bits per heavy atom. The Balaban J connectivity index is 1.73. The number of aromatic nitrogens is 2. The van der Waals surface area contributed by atoms with Crippen LogP contribution in [0.25, 0.3) is 16.6 Å². The topological polar surface area (TPSA) is 61.1 Å². The number of pyridine rings is 2. The Labute approximate surface area is 196 Å². The van der Waals surface area contributed by atoms with E-state index >= 15 is 0 Å². The first-order chi connectivity index (χ1) is 16.1. The Hall–Kier alpha value is -2.91. The molecule has 182 valence electrons. The number of nitrogens with zero attached hydrogens (tertiary/aromatic N) is 4. The van der Waals surface area contributed by atoms with Crippen LogP contribution in [0.15, 0.2) is 36.7 Å². The largest absolute Gasteiger partial charge is 0.478 e. The van der Waals surface area contributed by atoms with Crippen LogP contribution < -0.4 is 0 Å². The highest BCUT2D eigenvalue weighted by molar-refractivity contribution is 5.94. The molecule has 0 amide bonds. The van der Waals surface area contributed by atoms with Crippen LogP contribution in [0.4, 0.5) is 13.2 Å². The lowest BCUT2D eigenvalue weighted by atomic mass is 9.99. The molecule has 1 atom stereocenters. The molecule has 6 nitrogen and oxygen atoms in total. The Kier molecular flexibility index (Phi) is 6.69. The number of piperazine rings is 1. The first kappa shape index (κ1) is 24.2. The first-order valence-corrected chi connectivity index (χ1v) is 11.5. The fraction of sp³-hybridized carbons (Fsp3) is 0.440. The number of aryl methyl sites for hydroxylation is 1. The third-order valence-corrected chi connectivity index (χ3v) is 6.73. The summed E-state index contributed by atoms with van der Waals surface area (Å²) in [6.07, 6.45) is 0.287. The fourth-order valence-electron chi connectivity index (χ4n) is 4.92. The van der Waals surface area contributed by atoms with E-state index in [1.165, 1.54) is 4.90 Å². The van der Waals surface area contributed by atoms with Crippen LogP contribution >= 0.6 is 0 Å². The maximum atomic E-state index is 12.8. The Morgan fingerprint density at radius 2 is 1.88 bits per heavy atom. The van der Waals surface area contributed by atoms with Crippen molar-refractivity contribution in [3.63, 3.8) is 0 Å². The van der Waals surface area contributed by atoms with Gasteiger partial charge in [-0.2, -0.15) is 13.2 Å². The zero-order valence-corrected chi connectivity index (χ0v) is 19.6. The highest BCUT2D eigenvalue weighted by Crippen LogP contribution is 2.34. The summed E-state index contributed by atoms with van der Waals surface area (Å²) in [7, 11) is 0. The molecule has 0 aliphatic carbocycles. The second kappa shape index (κ2) is 9.38. The molecule has 1 aliphatic rings. The van der Waals surface area contributed by atoms with Gasteiger partial charge in [0.15, 0.2) is 0 Å². The minimum atomic E-state index is -4.21. The molecule has 1 N–H and O–H groups in total. The lowest BCUT2D eigenvalue weighted by Crippen LogP contribution is -2.49. The standard InChI is InChI=1S/C25H29F3N4O2/c1-4-19-13-18(5-7-29-19)20-6-8-32-22(20)14-21(24(33)34)16(2)23(32)17(3)31-11-9-30(10-12-31)15-25(26,27)28/h5-8,13-14,17H,4,9-12,15H2,1-3H3,(H,33,34). The monoisotopic (exact) mass is 474 g/mol. The normalized spacial score (nSPS) is 16.8. The molecule has 3 aromatic rings. The van der Waals surface area contributed by atoms with Crippen molar-refractivity contribution in [2.75, 3.05) is 32.7 Å². The third kappa shape index (κ3) is 4.81. The first-order valence-electron chi connectivity index (χ1n) is 11.5. The number of hydrogen-bond donors (Lipinski definition) is 1. The SMILES string of the molecule is CCc1cc(-c2ccn3c(C(C)N4CCN(CC(F)(F)F)CC4)c(C)c(C(=O)O)cc23)ccn1.